The number of fused-ring (bicyclic) bond motifs is 1. The van der Waals surface area contributed by atoms with Crippen LogP contribution in [0.2, 0.25) is 0 Å². The third-order valence-corrected chi connectivity index (χ3v) is 4.83. The molecule has 3 N–H and O–H groups in total. The first-order valence-electron chi connectivity index (χ1n) is 6.66. The van der Waals surface area contributed by atoms with Crippen LogP contribution in [0.15, 0.2) is 30.5 Å². The Morgan fingerprint density at radius 3 is 2.95 bits per heavy atom. The van der Waals surface area contributed by atoms with Crippen LogP contribution < -0.4 is 5.09 Å². The van der Waals surface area contributed by atoms with Gasteiger partial charge in [0.2, 0.25) is 0 Å². The Morgan fingerprint density at radius 1 is 1.42 bits per heavy atom. The summed E-state index contributed by atoms with van der Waals surface area (Å²) in [6.07, 6.45) is 3.92. The quantitative estimate of drug-likeness (QED) is 0.708. The zero-order chi connectivity index (χ0) is 13.9. The summed E-state index contributed by atoms with van der Waals surface area (Å²) in [6, 6.07) is 7.79. The Bertz CT molecular complexity index is 594. The van der Waals surface area contributed by atoms with Crippen molar-refractivity contribution < 1.29 is 9.46 Å². The van der Waals surface area contributed by atoms with Gasteiger partial charge in [0.1, 0.15) is 0 Å². The minimum Gasteiger partial charge on any atom is -0.361 e. The van der Waals surface area contributed by atoms with Gasteiger partial charge in [0.15, 0.2) is 0 Å². The van der Waals surface area contributed by atoms with Crippen LogP contribution in [-0.4, -0.2) is 15.9 Å². The van der Waals surface area contributed by atoms with Crippen LogP contribution in [-0.2, 0) is 10.7 Å². The molecule has 0 saturated carbocycles. The molecule has 19 heavy (non-hydrogen) atoms. The normalized spacial score (nSPS) is 16.4. The molecule has 0 spiro atoms. The minimum atomic E-state index is -3.34. The molecule has 0 radical (unpaired) electrons. The molecule has 2 atom stereocenters. The van der Waals surface area contributed by atoms with E-state index in [2.05, 4.69) is 17.0 Å². The van der Waals surface area contributed by atoms with E-state index in [1.54, 1.807) is 0 Å². The van der Waals surface area contributed by atoms with Gasteiger partial charge >= 0.3 is 0 Å². The lowest BCUT2D eigenvalue weighted by atomic mass is 10.1. The molecule has 0 saturated heterocycles. The van der Waals surface area contributed by atoms with Gasteiger partial charge in [0.25, 0.3) is 7.52 Å². The van der Waals surface area contributed by atoms with Gasteiger partial charge in [-0.2, -0.15) is 0 Å². The van der Waals surface area contributed by atoms with Crippen molar-refractivity contribution in [2.75, 3.05) is 0 Å². The lowest BCUT2D eigenvalue weighted by molar-refractivity contribution is 0.444. The first-order valence-corrected chi connectivity index (χ1v) is 8.51. The van der Waals surface area contributed by atoms with Crippen LogP contribution in [0.1, 0.15) is 32.3 Å². The van der Waals surface area contributed by atoms with E-state index >= 15 is 0 Å². The topological polar surface area (TPSA) is 65.1 Å². The fourth-order valence-corrected chi connectivity index (χ4v) is 4.05. The molecule has 0 aliphatic heterocycles. The van der Waals surface area contributed by atoms with Crippen LogP contribution in [0.3, 0.4) is 0 Å². The van der Waals surface area contributed by atoms with Crippen LogP contribution in [0.4, 0.5) is 0 Å². The maximum atomic E-state index is 12.3. The van der Waals surface area contributed by atoms with E-state index in [0.29, 0.717) is 0 Å². The predicted molar refractivity (Wildman–Crippen MR) is 79.3 cm³/mol. The molecule has 104 valence electrons. The zero-order valence-electron chi connectivity index (χ0n) is 11.4. The van der Waals surface area contributed by atoms with E-state index in [-0.39, 0.29) is 12.2 Å². The standard InChI is InChI=1S/C14H21N2O2P/c1-3-5-11(2)16-19(17,18)10-12-6-4-7-14-13(12)8-9-15-14/h4,6-9,11,15H,3,5,10H2,1-2H3,(H2,16,17,18). The summed E-state index contributed by atoms with van der Waals surface area (Å²) in [7, 11) is -3.34. The molecule has 4 nitrogen and oxygen atoms in total. The van der Waals surface area contributed by atoms with E-state index in [1.165, 1.54) is 0 Å². The number of benzene rings is 1. The first-order chi connectivity index (χ1) is 9.02. The molecule has 0 amide bonds. The van der Waals surface area contributed by atoms with Crippen molar-refractivity contribution in [1.29, 1.82) is 0 Å². The Kier molecular flexibility index (Phi) is 4.46. The van der Waals surface area contributed by atoms with E-state index in [9.17, 15) is 9.46 Å². The third kappa shape index (κ3) is 3.69. The van der Waals surface area contributed by atoms with Crippen molar-refractivity contribution in [3.05, 3.63) is 36.0 Å². The lowest BCUT2D eigenvalue weighted by Gasteiger charge is -2.19. The van der Waals surface area contributed by atoms with Crippen LogP contribution in [0.25, 0.3) is 10.9 Å². The third-order valence-electron chi connectivity index (χ3n) is 3.21. The van der Waals surface area contributed by atoms with Crippen LogP contribution in [0.5, 0.6) is 0 Å². The molecule has 2 unspecified atom stereocenters. The van der Waals surface area contributed by atoms with E-state index in [4.69, 9.17) is 0 Å². The summed E-state index contributed by atoms with van der Waals surface area (Å²) in [4.78, 5) is 13.2. The summed E-state index contributed by atoms with van der Waals surface area (Å²) in [5.41, 5.74) is 1.90. The lowest BCUT2D eigenvalue weighted by Crippen LogP contribution is -2.23. The van der Waals surface area contributed by atoms with Gasteiger partial charge in [-0.3, -0.25) is 4.57 Å². The molecular formula is C14H21N2O2P. The van der Waals surface area contributed by atoms with Gasteiger partial charge in [0.05, 0.1) is 6.16 Å². The van der Waals surface area contributed by atoms with Gasteiger partial charge in [-0.25, -0.2) is 5.09 Å². The van der Waals surface area contributed by atoms with Gasteiger partial charge in [-0.15, -0.1) is 0 Å². The fourth-order valence-electron chi connectivity index (χ4n) is 2.41. The smallest absolute Gasteiger partial charge is 0.271 e. The van der Waals surface area contributed by atoms with E-state index < -0.39 is 7.52 Å². The molecule has 1 aromatic heterocycles. The second-order valence-electron chi connectivity index (χ2n) is 5.03. The number of hydrogen-bond acceptors (Lipinski definition) is 1. The predicted octanol–water partition coefficient (Wildman–Crippen LogP) is 3.63. The van der Waals surface area contributed by atoms with Gasteiger partial charge in [-0.1, -0.05) is 25.5 Å². The summed E-state index contributed by atoms with van der Waals surface area (Å²) >= 11 is 0. The number of aromatic nitrogens is 1. The first kappa shape index (κ1) is 14.3. The maximum absolute atomic E-state index is 12.3. The molecular weight excluding hydrogens is 259 g/mol. The van der Waals surface area contributed by atoms with Gasteiger partial charge in [0, 0.05) is 23.1 Å². The molecule has 0 bridgehead atoms. The summed E-state index contributed by atoms with van der Waals surface area (Å²) in [5.74, 6) is 0. The van der Waals surface area contributed by atoms with Crippen molar-refractivity contribution in [1.82, 2.24) is 10.1 Å². The highest BCUT2D eigenvalue weighted by Crippen LogP contribution is 2.42. The second-order valence-corrected chi connectivity index (χ2v) is 7.01. The van der Waals surface area contributed by atoms with Crippen molar-refractivity contribution in [3.8, 4) is 0 Å². The average molecular weight is 280 g/mol. The minimum absolute atomic E-state index is 0.0614. The molecule has 0 fully saturated rings. The Labute approximate surface area is 113 Å². The van der Waals surface area contributed by atoms with Crippen molar-refractivity contribution >= 4 is 18.4 Å². The summed E-state index contributed by atoms with van der Waals surface area (Å²) in [5, 5.41) is 3.88. The SMILES string of the molecule is CCCC(C)NP(=O)(O)Cc1cccc2[nH]ccc12. The molecule has 2 aromatic rings. The second kappa shape index (κ2) is 5.91. The molecule has 0 aliphatic rings. The fraction of sp³-hybridized carbons (Fsp3) is 0.429. The Morgan fingerprint density at radius 2 is 2.21 bits per heavy atom. The van der Waals surface area contributed by atoms with Crippen LogP contribution >= 0.6 is 7.52 Å². The molecule has 2 rings (SSSR count). The van der Waals surface area contributed by atoms with E-state index in [0.717, 1.165) is 29.3 Å². The molecule has 5 heteroatoms. The van der Waals surface area contributed by atoms with Gasteiger partial charge < -0.3 is 9.88 Å². The Balaban J connectivity index is 2.15. The number of nitrogens with one attached hydrogen (secondary N) is 2. The van der Waals surface area contributed by atoms with E-state index in [1.807, 2.05) is 37.4 Å². The number of aromatic amines is 1. The van der Waals surface area contributed by atoms with Gasteiger partial charge in [-0.05, 0) is 31.0 Å². The van der Waals surface area contributed by atoms with Crippen LogP contribution in [0, 0.1) is 0 Å². The monoisotopic (exact) mass is 280 g/mol. The number of H-pyrrole nitrogens is 1. The maximum Gasteiger partial charge on any atom is 0.271 e. The average Bonchev–Trinajstić information content (AvgIpc) is 2.77. The summed E-state index contributed by atoms with van der Waals surface area (Å²) < 4.78 is 12.3. The van der Waals surface area contributed by atoms with Crippen molar-refractivity contribution in [2.45, 2.75) is 38.9 Å². The molecule has 1 aromatic carbocycles. The Hall–Kier alpha value is -1.09. The highest BCUT2D eigenvalue weighted by Gasteiger charge is 2.22. The molecule has 0 aliphatic carbocycles. The number of rotatable bonds is 6. The van der Waals surface area contributed by atoms with Crippen molar-refractivity contribution in [3.63, 3.8) is 0 Å². The summed E-state index contributed by atoms with van der Waals surface area (Å²) in [6.45, 7) is 4.02. The zero-order valence-corrected chi connectivity index (χ0v) is 12.3. The molecule has 1 heterocycles. The largest absolute Gasteiger partial charge is 0.361 e. The van der Waals surface area contributed by atoms with Crippen molar-refractivity contribution in [2.24, 2.45) is 0 Å². The highest BCUT2D eigenvalue weighted by molar-refractivity contribution is 7.55. The number of hydrogen-bond donors (Lipinski definition) is 3. The highest BCUT2D eigenvalue weighted by atomic mass is 31.2.